The van der Waals surface area contributed by atoms with Crippen molar-refractivity contribution in [2.45, 2.75) is 52.0 Å². The number of carbonyl (C=O) groups excluding carboxylic acids is 1. The summed E-state index contributed by atoms with van der Waals surface area (Å²) in [7, 11) is 1.93. The summed E-state index contributed by atoms with van der Waals surface area (Å²) in [5.74, 6) is 0.190. The van der Waals surface area contributed by atoms with Crippen molar-refractivity contribution in [3.05, 3.63) is 0 Å². The van der Waals surface area contributed by atoms with Crippen LogP contribution in [0.5, 0.6) is 0 Å². The minimum absolute atomic E-state index is 0.274. The van der Waals surface area contributed by atoms with Crippen molar-refractivity contribution >= 4 is 5.97 Å². The molecule has 0 aromatic carbocycles. The lowest BCUT2D eigenvalue weighted by molar-refractivity contribution is -0.145. The molecule has 0 fully saturated rings. The highest BCUT2D eigenvalue weighted by molar-refractivity contribution is 5.75. The first-order valence-corrected chi connectivity index (χ1v) is 6.72. The number of esters is 1. The largest absolute Gasteiger partial charge is 0.465 e. The minimum Gasteiger partial charge on any atom is -0.465 e. The van der Waals surface area contributed by atoms with Crippen LogP contribution in [-0.2, 0) is 9.53 Å². The summed E-state index contributed by atoms with van der Waals surface area (Å²) in [6, 6.07) is -0.477. The molecule has 0 saturated heterocycles. The molecule has 0 bridgehead atoms. The van der Waals surface area contributed by atoms with E-state index in [0.29, 0.717) is 18.9 Å². The highest BCUT2D eigenvalue weighted by Gasteiger charge is 2.19. The number of carbonyl (C=O) groups is 1. The number of hydrogen-bond donors (Lipinski definition) is 2. The number of rotatable bonds is 10. The maximum atomic E-state index is 11.4. The second-order valence-corrected chi connectivity index (χ2v) is 4.51. The topological polar surface area (TPSA) is 64.3 Å². The third-order valence-electron chi connectivity index (χ3n) is 2.89. The van der Waals surface area contributed by atoms with Crippen LogP contribution < -0.4 is 11.1 Å². The molecule has 0 aliphatic carbocycles. The van der Waals surface area contributed by atoms with Crippen molar-refractivity contribution in [2.24, 2.45) is 11.7 Å². The van der Waals surface area contributed by atoms with Gasteiger partial charge in [-0.25, -0.2) is 0 Å². The fourth-order valence-corrected chi connectivity index (χ4v) is 1.98. The quantitative estimate of drug-likeness (QED) is 0.453. The molecule has 2 atom stereocenters. The third-order valence-corrected chi connectivity index (χ3v) is 2.89. The molecule has 2 unspecified atom stereocenters. The summed E-state index contributed by atoms with van der Waals surface area (Å²) in [4.78, 5) is 11.4. The standard InChI is InChI=1S/C13H28N2O2/c1-4-6-7-8-11(10-15-3)9-12(14)13(16)17-5-2/h11-12,15H,4-10,14H2,1-3H3. The molecule has 0 amide bonds. The zero-order valence-electron chi connectivity index (χ0n) is 11.5. The summed E-state index contributed by atoms with van der Waals surface area (Å²) in [5, 5.41) is 3.16. The number of hydrogen-bond acceptors (Lipinski definition) is 4. The van der Waals surface area contributed by atoms with Gasteiger partial charge >= 0.3 is 5.97 Å². The van der Waals surface area contributed by atoms with Gasteiger partial charge in [-0.15, -0.1) is 0 Å². The SMILES string of the molecule is CCCCCC(CNC)CC(N)C(=O)OCC. The Morgan fingerprint density at radius 2 is 2.06 bits per heavy atom. The molecule has 3 N–H and O–H groups in total. The fourth-order valence-electron chi connectivity index (χ4n) is 1.98. The van der Waals surface area contributed by atoms with Crippen LogP contribution in [0.2, 0.25) is 0 Å². The zero-order valence-corrected chi connectivity index (χ0v) is 11.5. The van der Waals surface area contributed by atoms with Crippen LogP contribution in [-0.4, -0.2) is 32.2 Å². The van der Waals surface area contributed by atoms with E-state index in [1.807, 2.05) is 7.05 Å². The van der Waals surface area contributed by atoms with Crippen LogP contribution in [0.1, 0.15) is 46.0 Å². The monoisotopic (exact) mass is 244 g/mol. The first-order valence-electron chi connectivity index (χ1n) is 6.72. The van der Waals surface area contributed by atoms with Gasteiger partial charge in [0.2, 0.25) is 0 Å². The lowest BCUT2D eigenvalue weighted by atomic mass is 9.94. The Labute approximate surface area is 105 Å². The van der Waals surface area contributed by atoms with Gasteiger partial charge in [0.25, 0.3) is 0 Å². The van der Waals surface area contributed by atoms with Crippen molar-refractivity contribution in [3.8, 4) is 0 Å². The van der Waals surface area contributed by atoms with Crippen LogP contribution in [0.15, 0.2) is 0 Å². The summed E-state index contributed by atoms with van der Waals surface area (Å²) in [5.41, 5.74) is 5.84. The van der Waals surface area contributed by atoms with Crippen LogP contribution >= 0.6 is 0 Å². The second kappa shape index (κ2) is 10.5. The summed E-state index contributed by atoms with van der Waals surface area (Å²) < 4.78 is 4.92. The van der Waals surface area contributed by atoms with E-state index >= 15 is 0 Å². The molecule has 102 valence electrons. The molecule has 0 saturated carbocycles. The lowest BCUT2D eigenvalue weighted by Gasteiger charge is -2.19. The fraction of sp³-hybridized carbons (Fsp3) is 0.923. The number of nitrogens with two attached hydrogens (primary N) is 1. The molecule has 0 heterocycles. The second-order valence-electron chi connectivity index (χ2n) is 4.51. The average molecular weight is 244 g/mol. The van der Waals surface area contributed by atoms with Gasteiger partial charge in [-0.1, -0.05) is 26.2 Å². The molecule has 4 heteroatoms. The van der Waals surface area contributed by atoms with Crippen molar-refractivity contribution in [1.29, 1.82) is 0 Å². The molecule has 0 rings (SSSR count). The molecular formula is C13H28N2O2. The van der Waals surface area contributed by atoms with Gasteiger partial charge in [0.15, 0.2) is 0 Å². The lowest BCUT2D eigenvalue weighted by Crippen LogP contribution is -2.36. The number of ether oxygens (including phenoxy) is 1. The van der Waals surface area contributed by atoms with E-state index in [-0.39, 0.29) is 5.97 Å². The summed E-state index contributed by atoms with van der Waals surface area (Å²) in [6.07, 6.45) is 5.51. The average Bonchev–Trinajstić information content (AvgIpc) is 2.29. The van der Waals surface area contributed by atoms with Gasteiger partial charge in [-0.2, -0.15) is 0 Å². The van der Waals surface area contributed by atoms with Crippen LogP contribution in [0.25, 0.3) is 0 Å². The number of unbranched alkanes of at least 4 members (excludes halogenated alkanes) is 2. The maximum Gasteiger partial charge on any atom is 0.322 e. The Balaban J connectivity index is 3.99. The van der Waals surface area contributed by atoms with Crippen LogP contribution in [0, 0.1) is 5.92 Å². The molecule has 0 radical (unpaired) electrons. The number of nitrogens with one attached hydrogen (secondary N) is 1. The molecule has 0 aromatic heterocycles. The predicted molar refractivity (Wildman–Crippen MR) is 70.8 cm³/mol. The Morgan fingerprint density at radius 3 is 2.59 bits per heavy atom. The van der Waals surface area contributed by atoms with Crippen molar-refractivity contribution < 1.29 is 9.53 Å². The van der Waals surface area contributed by atoms with Gasteiger partial charge in [-0.05, 0) is 39.3 Å². The van der Waals surface area contributed by atoms with E-state index in [9.17, 15) is 4.79 Å². The highest BCUT2D eigenvalue weighted by atomic mass is 16.5. The highest BCUT2D eigenvalue weighted by Crippen LogP contribution is 2.15. The van der Waals surface area contributed by atoms with E-state index < -0.39 is 6.04 Å². The molecule has 4 nitrogen and oxygen atoms in total. The van der Waals surface area contributed by atoms with Crippen molar-refractivity contribution in [2.75, 3.05) is 20.2 Å². The summed E-state index contributed by atoms with van der Waals surface area (Å²) >= 11 is 0. The van der Waals surface area contributed by atoms with Crippen LogP contribution in [0.4, 0.5) is 0 Å². The van der Waals surface area contributed by atoms with Gasteiger partial charge in [-0.3, -0.25) is 4.79 Å². The van der Waals surface area contributed by atoms with Crippen molar-refractivity contribution in [1.82, 2.24) is 5.32 Å². The molecule has 17 heavy (non-hydrogen) atoms. The Hall–Kier alpha value is -0.610. The molecule has 0 aromatic rings. The first kappa shape index (κ1) is 16.4. The van der Waals surface area contributed by atoms with E-state index in [1.54, 1.807) is 6.92 Å². The summed E-state index contributed by atoms with van der Waals surface area (Å²) in [6.45, 7) is 5.31. The third kappa shape index (κ3) is 8.16. The molecular weight excluding hydrogens is 216 g/mol. The van der Waals surface area contributed by atoms with Crippen LogP contribution in [0.3, 0.4) is 0 Å². The zero-order chi connectivity index (χ0) is 13.1. The first-order chi connectivity index (χ1) is 8.15. The molecule has 0 aliphatic rings. The Bertz CT molecular complexity index is 198. The van der Waals surface area contributed by atoms with E-state index in [4.69, 9.17) is 10.5 Å². The molecule has 0 aliphatic heterocycles. The maximum absolute atomic E-state index is 11.4. The Morgan fingerprint density at radius 1 is 1.35 bits per heavy atom. The van der Waals surface area contributed by atoms with Gasteiger partial charge in [0, 0.05) is 0 Å². The van der Waals surface area contributed by atoms with E-state index in [1.165, 1.54) is 19.3 Å². The van der Waals surface area contributed by atoms with E-state index in [0.717, 1.165) is 13.0 Å². The van der Waals surface area contributed by atoms with E-state index in [2.05, 4.69) is 12.2 Å². The van der Waals surface area contributed by atoms with Gasteiger partial charge in [0.1, 0.15) is 6.04 Å². The van der Waals surface area contributed by atoms with Crippen molar-refractivity contribution in [3.63, 3.8) is 0 Å². The van der Waals surface area contributed by atoms with Gasteiger partial charge in [0.05, 0.1) is 6.61 Å². The van der Waals surface area contributed by atoms with Gasteiger partial charge < -0.3 is 15.8 Å². The normalized spacial score (nSPS) is 14.4. The minimum atomic E-state index is -0.477. The predicted octanol–water partition coefficient (Wildman–Crippen LogP) is 1.68. The Kier molecular flexibility index (Phi) is 10.2. The smallest absolute Gasteiger partial charge is 0.322 e. The molecule has 0 spiro atoms.